The van der Waals surface area contributed by atoms with Gasteiger partial charge in [0.15, 0.2) is 6.10 Å². The molecule has 150 valence electrons. The van der Waals surface area contributed by atoms with E-state index in [1.54, 1.807) is 24.3 Å². The van der Waals surface area contributed by atoms with Gasteiger partial charge in [0.2, 0.25) is 5.78 Å². The molecule has 1 aromatic heterocycles. The molecule has 2 aromatic carbocycles. The number of halogens is 1. The summed E-state index contributed by atoms with van der Waals surface area (Å²) in [7, 11) is 0. The number of aromatic nitrogens is 1. The van der Waals surface area contributed by atoms with Gasteiger partial charge in [0.05, 0.1) is 16.8 Å². The third-order valence-electron chi connectivity index (χ3n) is 4.44. The number of aryl methyl sites for hydroxylation is 2. The Kier molecular flexibility index (Phi) is 6.07. The number of carbonyl (C=O) groups excluding carboxylic acids is 2. The molecule has 1 atom stereocenters. The zero-order valence-electron chi connectivity index (χ0n) is 16.3. The molecule has 0 aliphatic carbocycles. The monoisotopic (exact) mass is 397 g/mol. The molecule has 3 aromatic rings. The molecule has 0 saturated heterocycles. The summed E-state index contributed by atoms with van der Waals surface area (Å²) in [5.74, 6) is -0.217. The molecule has 0 unspecified atom stereocenters. The van der Waals surface area contributed by atoms with E-state index in [1.165, 1.54) is 31.2 Å². The summed E-state index contributed by atoms with van der Waals surface area (Å²) in [6, 6.07) is 11.5. The van der Waals surface area contributed by atoms with Crippen LogP contribution in [0.25, 0.3) is 0 Å². The fourth-order valence-corrected chi connectivity index (χ4v) is 2.68. The Morgan fingerprint density at radius 1 is 1.03 bits per heavy atom. The van der Waals surface area contributed by atoms with E-state index in [4.69, 9.17) is 14.0 Å². The first kappa shape index (κ1) is 20.3. The van der Waals surface area contributed by atoms with Gasteiger partial charge >= 0.3 is 5.97 Å². The molecule has 0 radical (unpaired) electrons. The molecule has 29 heavy (non-hydrogen) atoms. The van der Waals surface area contributed by atoms with Gasteiger partial charge in [0.25, 0.3) is 0 Å². The van der Waals surface area contributed by atoms with Crippen molar-refractivity contribution in [3.8, 4) is 5.75 Å². The Morgan fingerprint density at radius 3 is 2.24 bits per heavy atom. The van der Waals surface area contributed by atoms with Crippen molar-refractivity contribution in [1.29, 1.82) is 0 Å². The maximum absolute atomic E-state index is 13.0. The lowest BCUT2D eigenvalue weighted by molar-refractivity contribution is 0.0318. The van der Waals surface area contributed by atoms with Crippen molar-refractivity contribution in [3.63, 3.8) is 0 Å². The Morgan fingerprint density at radius 2 is 1.66 bits per heavy atom. The summed E-state index contributed by atoms with van der Waals surface area (Å²) >= 11 is 0. The standard InChI is InChI=1S/C22H20FNO5/c1-13-20(14(2)29-24-13)12-27-19-10-6-17(7-11-19)22(26)28-15(3)21(25)16-4-8-18(23)9-5-16/h4-11,15H,12H2,1-3H3/t15-/m1/s1. The summed E-state index contributed by atoms with van der Waals surface area (Å²) in [5.41, 5.74) is 2.20. The van der Waals surface area contributed by atoms with E-state index in [2.05, 4.69) is 5.16 Å². The van der Waals surface area contributed by atoms with Crippen molar-refractivity contribution >= 4 is 11.8 Å². The highest BCUT2D eigenvalue weighted by Crippen LogP contribution is 2.19. The van der Waals surface area contributed by atoms with Gasteiger partial charge in [-0.3, -0.25) is 4.79 Å². The van der Waals surface area contributed by atoms with Crippen LogP contribution in [0.15, 0.2) is 53.1 Å². The molecule has 3 rings (SSSR count). The first-order chi connectivity index (χ1) is 13.8. The molecule has 0 aliphatic heterocycles. The van der Waals surface area contributed by atoms with Gasteiger partial charge in [0.1, 0.15) is 23.9 Å². The normalized spacial score (nSPS) is 11.7. The third kappa shape index (κ3) is 4.87. The molecule has 1 heterocycles. The van der Waals surface area contributed by atoms with Crippen LogP contribution >= 0.6 is 0 Å². The van der Waals surface area contributed by atoms with Crippen LogP contribution < -0.4 is 4.74 Å². The van der Waals surface area contributed by atoms with Gasteiger partial charge in [-0.05, 0) is 69.3 Å². The zero-order valence-corrected chi connectivity index (χ0v) is 16.3. The minimum Gasteiger partial charge on any atom is -0.489 e. The molecule has 0 spiro atoms. The predicted octanol–water partition coefficient (Wildman–Crippen LogP) is 4.44. The van der Waals surface area contributed by atoms with Crippen LogP contribution in [0.1, 0.15) is 44.7 Å². The zero-order chi connectivity index (χ0) is 21.0. The summed E-state index contributed by atoms with van der Waals surface area (Å²) in [4.78, 5) is 24.6. The number of ketones is 1. The number of hydrogen-bond acceptors (Lipinski definition) is 6. The van der Waals surface area contributed by atoms with E-state index in [1.807, 2.05) is 13.8 Å². The van der Waals surface area contributed by atoms with Crippen LogP contribution in [0.4, 0.5) is 4.39 Å². The van der Waals surface area contributed by atoms with Crippen LogP contribution in [-0.2, 0) is 11.3 Å². The maximum atomic E-state index is 13.0. The maximum Gasteiger partial charge on any atom is 0.338 e. The highest BCUT2D eigenvalue weighted by atomic mass is 19.1. The van der Waals surface area contributed by atoms with E-state index < -0.39 is 23.7 Å². The van der Waals surface area contributed by atoms with Gasteiger partial charge in [0, 0.05) is 5.56 Å². The second-order valence-electron chi connectivity index (χ2n) is 6.53. The molecule has 0 bridgehead atoms. The minimum atomic E-state index is -0.997. The van der Waals surface area contributed by atoms with E-state index >= 15 is 0 Å². The molecule has 7 heteroatoms. The largest absolute Gasteiger partial charge is 0.489 e. The van der Waals surface area contributed by atoms with Crippen molar-refractivity contribution in [2.24, 2.45) is 0 Å². The van der Waals surface area contributed by atoms with Crippen LogP contribution in [0.3, 0.4) is 0 Å². The summed E-state index contributed by atoms with van der Waals surface area (Å²) < 4.78 is 29.0. The van der Waals surface area contributed by atoms with E-state index in [-0.39, 0.29) is 11.1 Å². The second-order valence-corrected chi connectivity index (χ2v) is 6.53. The molecule has 0 aliphatic rings. The summed E-state index contributed by atoms with van der Waals surface area (Å²) in [6.07, 6.45) is -0.997. The number of benzene rings is 2. The van der Waals surface area contributed by atoms with E-state index in [9.17, 15) is 14.0 Å². The fraction of sp³-hybridized carbons (Fsp3) is 0.227. The Labute approximate surface area is 167 Å². The third-order valence-corrected chi connectivity index (χ3v) is 4.44. The number of hydrogen-bond donors (Lipinski definition) is 0. The molecule has 0 N–H and O–H groups in total. The van der Waals surface area contributed by atoms with Crippen molar-refractivity contribution in [2.75, 3.05) is 0 Å². The van der Waals surface area contributed by atoms with E-state index in [0.29, 0.717) is 18.1 Å². The number of esters is 1. The predicted molar refractivity (Wildman–Crippen MR) is 102 cm³/mol. The number of rotatable bonds is 7. The number of ether oxygens (including phenoxy) is 2. The first-order valence-electron chi connectivity index (χ1n) is 9.00. The van der Waals surface area contributed by atoms with Crippen molar-refractivity contribution in [2.45, 2.75) is 33.5 Å². The highest BCUT2D eigenvalue weighted by Gasteiger charge is 2.20. The smallest absolute Gasteiger partial charge is 0.338 e. The summed E-state index contributed by atoms with van der Waals surface area (Å²) in [6.45, 7) is 5.42. The highest BCUT2D eigenvalue weighted by molar-refractivity contribution is 6.01. The average molecular weight is 397 g/mol. The van der Waals surface area contributed by atoms with Gasteiger partial charge in [-0.2, -0.15) is 0 Å². The molecular weight excluding hydrogens is 377 g/mol. The molecule has 6 nitrogen and oxygen atoms in total. The van der Waals surface area contributed by atoms with Crippen LogP contribution in [0, 0.1) is 19.7 Å². The van der Waals surface area contributed by atoms with Gasteiger partial charge in [-0.1, -0.05) is 5.16 Å². The van der Waals surface area contributed by atoms with Crippen molar-refractivity contribution in [3.05, 3.63) is 82.5 Å². The fourth-order valence-electron chi connectivity index (χ4n) is 2.68. The van der Waals surface area contributed by atoms with Crippen LogP contribution in [0.2, 0.25) is 0 Å². The minimum absolute atomic E-state index is 0.273. The lowest BCUT2D eigenvalue weighted by atomic mass is 10.1. The Balaban J connectivity index is 1.58. The lowest BCUT2D eigenvalue weighted by Crippen LogP contribution is -2.24. The molecular formula is C22H20FNO5. The topological polar surface area (TPSA) is 78.6 Å². The quantitative estimate of drug-likeness (QED) is 0.433. The summed E-state index contributed by atoms with van der Waals surface area (Å²) in [5, 5.41) is 3.87. The van der Waals surface area contributed by atoms with Crippen LogP contribution in [0.5, 0.6) is 5.75 Å². The number of nitrogens with zero attached hydrogens (tertiary/aromatic N) is 1. The number of Topliss-reactive ketones (excluding diaryl/α,β-unsaturated/α-hetero) is 1. The van der Waals surface area contributed by atoms with E-state index in [0.717, 1.165) is 11.3 Å². The number of carbonyl (C=O) groups is 2. The van der Waals surface area contributed by atoms with Gasteiger partial charge in [-0.25, -0.2) is 9.18 Å². The van der Waals surface area contributed by atoms with Crippen molar-refractivity contribution < 1.29 is 28.0 Å². The Bertz CT molecular complexity index is 989. The van der Waals surface area contributed by atoms with Gasteiger partial charge < -0.3 is 14.0 Å². The van der Waals surface area contributed by atoms with Gasteiger partial charge in [-0.15, -0.1) is 0 Å². The molecule has 0 fully saturated rings. The Hall–Kier alpha value is -3.48. The first-order valence-corrected chi connectivity index (χ1v) is 9.00. The molecule has 0 amide bonds. The average Bonchev–Trinajstić information content (AvgIpc) is 3.04. The SMILES string of the molecule is Cc1noc(C)c1COc1ccc(C(=O)O[C@H](C)C(=O)c2ccc(F)cc2)cc1. The second kappa shape index (κ2) is 8.68. The lowest BCUT2D eigenvalue weighted by Gasteiger charge is -2.13. The van der Waals surface area contributed by atoms with Crippen LogP contribution in [-0.4, -0.2) is 23.0 Å². The van der Waals surface area contributed by atoms with Crippen molar-refractivity contribution in [1.82, 2.24) is 5.16 Å². The molecule has 0 saturated carbocycles.